The average Bonchev–Trinajstić information content (AvgIpc) is 2.39. The predicted octanol–water partition coefficient (Wildman–Crippen LogP) is 2.00. The maximum atomic E-state index is 6.01. The Labute approximate surface area is 103 Å². The van der Waals surface area contributed by atoms with Crippen LogP contribution in [0.15, 0.2) is 24.3 Å². The molecule has 3 nitrogen and oxygen atoms in total. The molecule has 3 heteroatoms. The second-order valence-electron chi connectivity index (χ2n) is 4.42. The molecular weight excluding hydrogens is 214 g/mol. The minimum absolute atomic E-state index is 0.112. The molecule has 0 bridgehead atoms. The van der Waals surface area contributed by atoms with Gasteiger partial charge in [-0.1, -0.05) is 19.1 Å². The normalized spacial score (nSPS) is 24.6. The van der Waals surface area contributed by atoms with E-state index in [2.05, 4.69) is 24.4 Å². The molecule has 2 rings (SSSR count). The van der Waals surface area contributed by atoms with Crippen LogP contribution in [0, 0.1) is 0 Å². The molecule has 17 heavy (non-hydrogen) atoms. The number of hydrogen-bond donors (Lipinski definition) is 1. The fraction of sp³-hybridized carbons (Fsp3) is 0.571. The highest BCUT2D eigenvalue weighted by atomic mass is 16.5. The van der Waals surface area contributed by atoms with Crippen LogP contribution in [-0.2, 0) is 11.2 Å². The summed E-state index contributed by atoms with van der Waals surface area (Å²) in [5.74, 6) is 0.945. The molecule has 1 aromatic rings. The Balaban J connectivity index is 2.02. The van der Waals surface area contributed by atoms with Gasteiger partial charge in [-0.05, 0) is 37.6 Å². The van der Waals surface area contributed by atoms with Crippen LogP contribution in [0.3, 0.4) is 0 Å². The third kappa shape index (κ3) is 3.20. The molecule has 0 aliphatic carbocycles. The summed E-state index contributed by atoms with van der Waals surface area (Å²) in [6, 6.07) is 8.68. The second-order valence-corrected chi connectivity index (χ2v) is 4.42. The van der Waals surface area contributed by atoms with Crippen molar-refractivity contribution < 1.29 is 9.47 Å². The second kappa shape index (κ2) is 6.03. The summed E-state index contributed by atoms with van der Waals surface area (Å²) in [5, 5.41) is 3.30. The molecule has 0 spiro atoms. The van der Waals surface area contributed by atoms with Crippen LogP contribution < -0.4 is 10.1 Å². The van der Waals surface area contributed by atoms with Gasteiger partial charge in [0.25, 0.3) is 0 Å². The van der Waals surface area contributed by atoms with E-state index in [1.807, 2.05) is 19.2 Å². The topological polar surface area (TPSA) is 30.5 Å². The van der Waals surface area contributed by atoms with E-state index in [9.17, 15) is 0 Å². The molecule has 2 atom stereocenters. The number of nitrogens with one attached hydrogen (secondary N) is 1. The van der Waals surface area contributed by atoms with Gasteiger partial charge in [-0.25, -0.2) is 0 Å². The fourth-order valence-electron chi connectivity index (χ4n) is 2.17. The van der Waals surface area contributed by atoms with Gasteiger partial charge in [0.1, 0.15) is 11.9 Å². The van der Waals surface area contributed by atoms with Crippen molar-refractivity contribution in [3.63, 3.8) is 0 Å². The van der Waals surface area contributed by atoms with Crippen molar-refractivity contribution in [2.45, 2.75) is 31.9 Å². The fourth-order valence-corrected chi connectivity index (χ4v) is 2.17. The molecule has 0 saturated carbocycles. The summed E-state index contributed by atoms with van der Waals surface area (Å²) >= 11 is 0. The van der Waals surface area contributed by atoms with Crippen LogP contribution in [0.25, 0.3) is 0 Å². The van der Waals surface area contributed by atoms with Crippen molar-refractivity contribution in [3.05, 3.63) is 29.8 Å². The molecular formula is C14H21NO2. The molecule has 1 aromatic carbocycles. The van der Waals surface area contributed by atoms with Gasteiger partial charge in [0.05, 0.1) is 6.61 Å². The molecule has 1 N–H and O–H groups in total. The van der Waals surface area contributed by atoms with Gasteiger partial charge in [-0.2, -0.15) is 0 Å². The van der Waals surface area contributed by atoms with Crippen LogP contribution >= 0.6 is 0 Å². The predicted molar refractivity (Wildman–Crippen MR) is 68.5 cm³/mol. The van der Waals surface area contributed by atoms with Gasteiger partial charge in [0.2, 0.25) is 0 Å². The lowest BCUT2D eigenvalue weighted by Gasteiger charge is -2.31. The summed E-state index contributed by atoms with van der Waals surface area (Å²) in [6.07, 6.45) is 2.16. The standard InChI is InChI=1S/C14H21NO2/c1-3-11-5-4-6-12(9-11)17-14-10-16-8-7-13(14)15-2/h4-6,9,13-15H,3,7-8,10H2,1-2H3. The van der Waals surface area contributed by atoms with E-state index in [1.165, 1.54) is 5.56 Å². The van der Waals surface area contributed by atoms with E-state index in [0.717, 1.165) is 25.2 Å². The van der Waals surface area contributed by atoms with E-state index in [1.54, 1.807) is 0 Å². The maximum absolute atomic E-state index is 6.01. The van der Waals surface area contributed by atoms with E-state index in [-0.39, 0.29) is 6.10 Å². The Hall–Kier alpha value is -1.06. The number of benzene rings is 1. The third-order valence-electron chi connectivity index (χ3n) is 3.27. The van der Waals surface area contributed by atoms with Gasteiger partial charge in [-0.15, -0.1) is 0 Å². The summed E-state index contributed by atoms with van der Waals surface area (Å²) in [4.78, 5) is 0. The largest absolute Gasteiger partial charge is 0.486 e. The molecule has 1 saturated heterocycles. The average molecular weight is 235 g/mol. The van der Waals surface area contributed by atoms with E-state index in [0.29, 0.717) is 12.6 Å². The first kappa shape index (κ1) is 12.4. The highest BCUT2D eigenvalue weighted by Crippen LogP contribution is 2.19. The minimum Gasteiger partial charge on any atom is -0.486 e. The highest BCUT2D eigenvalue weighted by molar-refractivity contribution is 5.28. The van der Waals surface area contributed by atoms with Crippen LogP contribution in [0.1, 0.15) is 18.9 Å². The zero-order valence-electron chi connectivity index (χ0n) is 10.6. The van der Waals surface area contributed by atoms with Gasteiger partial charge in [0.15, 0.2) is 0 Å². The Morgan fingerprint density at radius 1 is 1.47 bits per heavy atom. The lowest BCUT2D eigenvalue weighted by molar-refractivity contribution is -0.0129. The van der Waals surface area contributed by atoms with E-state index < -0.39 is 0 Å². The number of likely N-dealkylation sites (N-methyl/N-ethyl adjacent to an activating group) is 1. The molecule has 2 unspecified atom stereocenters. The van der Waals surface area contributed by atoms with Crippen LogP contribution in [-0.4, -0.2) is 32.4 Å². The molecule has 1 heterocycles. The zero-order chi connectivity index (χ0) is 12.1. The summed E-state index contributed by atoms with van der Waals surface area (Å²) in [7, 11) is 1.98. The Bertz CT molecular complexity index is 354. The number of ether oxygens (including phenoxy) is 2. The highest BCUT2D eigenvalue weighted by Gasteiger charge is 2.25. The summed E-state index contributed by atoms with van der Waals surface area (Å²) in [6.45, 7) is 3.64. The number of hydrogen-bond acceptors (Lipinski definition) is 3. The monoisotopic (exact) mass is 235 g/mol. The molecule has 1 aliphatic heterocycles. The quantitative estimate of drug-likeness (QED) is 0.866. The summed E-state index contributed by atoms with van der Waals surface area (Å²) in [5.41, 5.74) is 1.31. The van der Waals surface area contributed by atoms with Crippen LogP contribution in [0.2, 0.25) is 0 Å². The first-order valence-electron chi connectivity index (χ1n) is 6.34. The van der Waals surface area contributed by atoms with Crippen molar-refractivity contribution in [2.24, 2.45) is 0 Å². The van der Waals surface area contributed by atoms with Gasteiger partial charge in [-0.3, -0.25) is 0 Å². The molecule has 0 aromatic heterocycles. The molecule has 0 radical (unpaired) electrons. The Morgan fingerprint density at radius 2 is 2.35 bits per heavy atom. The Morgan fingerprint density at radius 3 is 3.12 bits per heavy atom. The minimum atomic E-state index is 0.112. The van der Waals surface area contributed by atoms with E-state index >= 15 is 0 Å². The molecule has 1 fully saturated rings. The van der Waals surface area contributed by atoms with Gasteiger partial charge < -0.3 is 14.8 Å². The van der Waals surface area contributed by atoms with Crippen molar-refractivity contribution in [1.82, 2.24) is 5.32 Å². The molecule has 0 amide bonds. The maximum Gasteiger partial charge on any atom is 0.137 e. The van der Waals surface area contributed by atoms with Gasteiger partial charge in [0, 0.05) is 12.6 Å². The lowest BCUT2D eigenvalue weighted by atomic mass is 10.1. The lowest BCUT2D eigenvalue weighted by Crippen LogP contribution is -2.48. The van der Waals surface area contributed by atoms with Crippen LogP contribution in [0.5, 0.6) is 5.75 Å². The number of aryl methyl sites for hydroxylation is 1. The van der Waals surface area contributed by atoms with Crippen LogP contribution in [0.4, 0.5) is 0 Å². The van der Waals surface area contributed by atoms with Crippen molar-refractivity contribution >= 4 is 0 Å². The van der Waals surface area contributed by atoms with E-state index in [4.69, 9.17) is 9.47 Å². The third-order valence-corrected chi connectivity index (χ3v) is 3.27. The molecule has 1 aliphatic rings. The van der Waals surface area contributed by atoms with Crippen molar-refractivity contribution in [3.8, 4) is 5.75 Å². The first-order valence-corrected chi connectivity index (χ1v) is 6.34. The van der Waals surface area contributed by atoms with Gasteiger partial charge >= 0.3 is 0 Å². The molecule has 94 valence electrons. The first-order chi connectivity index (χ1) is 8.33. The number of rotatable bonds is 4. The SMILES string of the molecule is CCc1cccc(OC2COCCC2NC)c1. The van der Waals surface area contributed by atoms with Crippen molar-refractivity contribution in [1.29, 1.82) is 0 Å². The van der Waals surface area contributed by atoms with Crippen molar-refractivity contribution in [2.75, 3.05) is 20.3 Å². The smallest absolute Gasteiger partial charge is 0.137 e. The summed E-state index contributed by atoms with van der Waals surface area (Å²) < 4.78 is 11.5. The Kier molecular flexibility index (Phi) is 4.40. The zero-order valence-corrected chi connectivity index (χ0v) is 10.6.